The van der Waals surface area contributed by atoms with Crippen LogP contribution < -0.4 is 5.32 Å². The van der Waals surface area contributed by atoms with Crippen LogP contribution in [0.3, 0.4) is 0 Å². The first-order valence-corrected chi connectivity index (χ1v) is 8.15. The van der Waals surface area contributed by atoms with Crippen molar-refractivity contribution < 1.29 is 19.5 Å². The minimum absolute atomic E-state index is 0.145. The van der Waals surface area contributed by atoms with Crippen molar-refractivity contribution in [1.82, 2.24) is 4.90 Å². The smallest absolute Gasteiger partial charge is 0.326 e. The molecule has 1 fully saturated rings. The zero-order valence-corrected chi connectivity index (χ0v) is 14.3. The lowest BCUT2D eigenvalue weighted by Gasteiger charge is -2.33. The number of carbonyl (C=O) groups excluding carboxylic acids is 2. The Morgan fingerprint density at radius 1 is 1.21 bits per heavy atom. The van der Waals surface area contributed by atoms with Gasteiger partial charge in [-0.3, -0.25) is 9.59 Å². The number of anilines is 1. The molecule has 0 aliphatic carbocycles. The lowest BCUT2D eigenvalue weighted by Crippen LogP contribution is -2.48. The molecule has 0 spiro atoms. The van der Waals surface area contributed by atoms with E-state index >= 15 is 0 Å². The molecule has 130 valence electrons. The van der Waals surface area contributed by atoms with Crippen LogP contribution in [0.4, 0.5) is 5.69 Å². The highest BCUT2D eigenvalue weighted by atomic mass is 16.4. The number of aliphatic carboxylic acids is 1. The zero-order chi connectivity index (χ0) is 17.9. The Balaban J connectivity index is 2.19. The third-order valence-corrected chi connectivity index (χ3v) is 4.10. The molecule has 0 aromatic heterocycles. The molecule has 0 bridgehead atoms. The maximum Gasteiger partial charge on any atom is 0.326 e. The average Bonchev–Trinajstić information content (AvgIpc) is 2.53. The Morgan fingerprint density at radius 3 is 2.54 bits per heavy atom. The molecule has 1 unspecified atom stereocenters. The Kier molecular flexibility index (Phi) is 5.26. The van der Waals surface area contributed by atoms with Crippen LogP contribution in [0.5, 0.6) is 0 Å². The third-order valence-electron chi connectivity index (χ3n) is 4.10. The van der Waals surface area contributed by atoms with Crippen molar-refractivity contribution in [3.8, 4) is 0 Å². The first-order valence-electron chi connectivity index (χ1n) is 8.15. The van der Waals surface area contributed by atoms with E-state index in [1.54, 1.807) is 24.3 Å². The van der Waals surface area contributed by atoms with Crippen molar-refractivity contribution >= 4 is 23.5 Å². The molecule has 1 aliphatic heterocycles. The second kappa shape index (κ2) is 7.03. The van der Waals surface area contributed by atoms with Gasteiger partial charge in [-0.05, 0) is 37.5 Å². The summed E-state index contributed by atoms with van der Waals surface area (Å²) in [5.41, 5.74) is 0.376. The van der Waals surface area contributed by atoms with Gasteiger partial charge in [-0.15, -0.1) is 0 Å². The fraction of sp³-hybridized carbons (Fsp3) is 0.500. The number of benzene rings is 1. The van der Waals surface area contributed by atoms with Gasteiger partial charge in [-0.1, -0.05) is 26.8 Å². The van der Waals surface area contributed by atoms with Gasteiger partial charge in [0.1, 0.15) is 6.04 Å². The van der Waals surface area contributed by atoms with E-state index in [9.17, 15) is 19.5 Å². The molecule has 1 aromatic carbocycles. The fourth-order valence-corrected chi connectivity index (χ4v) is 2.65. The molecule has 6 nitrogen and oxygen atoms in total. The van der Waals surface area contributed by atoms with Gasteiger partial charge in [0.2, 0.25) is 5.91 Å². The molecular formula is C18H24N2O4. The maximum absolute atomic E-state index is 12.7. The number of piperidine rings is 1. The van der Waals surface area contributed by atoms with E-state index in [1.165, 1.54) is 4.90 Å². The van der Waals surface area contributed by atoms with E-state index in [0.29, 0.717) is 24.2 Å². The largest absolute Gasteiger partial charge is 0.480 e. The van der Waals surface area contributed by atoms with E-state index in [2.05, 4.69) is 5.32 Å². The summed E-state index contributed by atoms with van der Waals surface area (Å²) in [6.07, 6.45) is 2.08. The van der Waals surface area contributed by atoms with Gasteiger partial charge in [0.05, 0.1) is 0 Å². The van der Waals surface area contributed by atoms with E-state index < -0.39 is 17.4 Å². The number of carboxylic acid groups (broad SMARTS) is 1. The lowest BCUT2D eigenvalue weighted by molar-refractivity contribution is -0.143. The lowest BCUT2D eigenvalue weighted by atomic mass is 9.95. The van der Waals surface area contributed by atoms with Crippen LogP contribution >= 0.6 is 0 Å². The van der Waals surface area contributed by atoms with Crippen molar-refractivity contribution in [2.45, 2.75) is 46.1 Å². The van der Waals surface area contributed by atoms with Crippen LogP contribution in [0.2, 0.25) is 0 Å². The molecule has 24 heavy (non-hydrogen) atoms. The van der Waals surface area contributed by atoms with Crippen molar-refractivity contribution in [2.24, 2.45) is 5.41 Å². The molecule has 1 atom stereocenters. The number of carbonyl (C=O) groups is 3. The van der Waals surface area contributed by atoms with E-state index in [0.717, 1.165) is 12.8 Å². The van der Waals surface area contributed by atoms with Gasteiger partial charge in [-0.2, -0.15) is 0 Å². The normalized spacial score (nSPS) is 18.1. The number of carboxylic acids is 1. The molecule has 6 heteroatoms. The van der Waals surface area contributed by atoms with Crippen molar-refractivity contribution in [3.05, 3.63) is 29.8 Å². The summed E-state index contributed by atoms with van der Waals surface area (Å²) in [5, 5.41) is 12.1. The standard InChI is InChI=1S/C18H24N2O4/c1-18(2,3)17(24)19-13-8-6-7-12(11-13)15(21)20-10-5-4-9-14(20)16(22)23/h6-8,11,14H,4-5,9-10H2,1-3H3,(H,19,24)(H,22,23). The van der Waals surface area contributed by atoms with E-state index in [-0.39, 0.29) is 11.8 Å². The van der Waals surface area contributed by atoms with Gasteiger partial charge in [-0.25, -0.2) is 4.79 Å². The number of hydrogen-bond donors (Lipinski definition) is 2. The maximum atomic E-state index is 12.7. The van der Waals surface area contributed by atoms with Gasteiger partial charge in [0.25, 0.3) is 5.91 Å². The monoisotopic (exact) mass is 332 g/mol. The zero-order valence-electron chi connectivity index (χ0n) is 14.3. The number of hydrogen-bond acceptors (Lipinski definition) is 3. The molecular weight excluding hydrogens is 308 g/mol. The van der Waals surface area contributed by atoms with Crippen LogP contribution in [0, 0.1) is 5.41 Å². The highest BCUT2D eigenvalue weighted by Crippen LogP contribution is 2.22. The van der Waals surface area contributed by atoms with E-state index in [1.807, 2.05) is 20.8 Å². The first-order chi connectivity index (χ1) is 11.2. The molecule has 0 radical (unpaired) electrons. The second-order valence-electron chi connectivity index (χ2n) is 7.13. The summed E-state index contributed by atoms with van der Waals surface area (Å²) in [7, 11) is 0. The number of nitrogens with one attached hydrogen (secondary N) is 1. The first kappa shape index (κ1) is 18.0. The van der Waals surface area contributed by atoms with Crippen LogP contribution in [0.25, 0.3) is 0 Å². The predicted molar refractivity (Wildman–Crippen MR) is 90.8 cm³/mol. The van der Waals surface area contributed by atoms with Crippen LogP contribution in [0.15, 0.2) is 24.3 Å². The number of rotatable bonds is 3. The van der Waals surface area contributed by atoms with Gasteiger partial charge in [0, 0.05) is 23.2 Å². The minimum Gasteiger partial charge on any atom is -0.480 e. The average molecular weight is 332 g/mol. The fourth-order valence-electron chi connectivity index (χ4n) is 2.65. The van der Waals surface area contributed by atoms with Gasteiger partial charge < -0.3 is 15.3 Å². The Bertz CT molecular complexity index is 649. The van der Waals surface area contributed by atoms with Crippen molar-refractivity contribution in [3.63, 3.8) is 0 Å². The highest BCUT2D eigenvalue weighted by Gasteiger charge is 2.32. The molecule has 2 rings (SSSR count). The summed E-state index contributed by atoms with van der Waals surface area (Å²) in [6, 6.07) is 5.86. The number of nitrogens with zero attached hydrogens (tertiary/aromatic N) is 1. The van der Waals surface area contributed by atoms with Crippen molar-refractivity contribution in [2.75, 3.05) is 11.9 Å². The van der Waals surface area contributed by atoms with Crippen LogP contribution in [-0.2, 0) is 9.59 Å². The molecule has 1 saturated heterocycles. The quantitative estimate of drug-likeness (QED) is 0.891. The second-order valence-corrected chi connectivity index (χ2v) is 7.13. The molecule has 2 N–H and O–H groups in total. The highest BCUT2D eigenvalue weighted by molar-refractivity contribution is 5.99. The summed E-state index contributed by atoms with van der Waals surface area (Å²) in [5.74, 6) is -1.43. The molecule has 1 aromatic rings. The predicted octanol–water partition coefficient (Wildman–Crippen LogP) is 2.75. The molecule has 1 heterocycles. The molecule has 2 amide bonds. The van der Waals surface area contributed by atoms with E-state index in [4.69, 9.17) is 0 Å². The minimum atomic E-state index is -0.972. The molecule has 0 saturated carbocycles. The molecule has 1 aliphatic rings. The Labute approximate surface area is 141 Å². The SMILES string of the molecule is CC(C)(C)C(=O)Nc1cccc(C(=O)N2CCCCC2C(=O)O)c1. The summed E-state index contributed by atoms with van der Waals surface area (Å²) < 4.78 is 0. The number of likely N-dealkylation sites (tertiary alicyclic amines) is 1. The summed E-state index contributed by atoms with van der Waals surface area (Å²) >= 11 is 0. The summed E-state index contributed by atoms with van der Waals surface area (Å²) in [6.45, 7) is 5.86. The van der Waals surface area contributed by atoms with Crippen LogP contribution in [-0.4, -0.2) is 40.4 Å². The van der Waals surface area contributed by atoms with Gasteiger partial charge in [0.15, 0.2) is 0 Å². The van der Waals surface area contributed by atoms with Gasteiger partial charge >= 0.3 is 5.97 Å². The summed E-state index contributed by atoms with van der Waals surface area (Å²) in [4.78, 5) is 37.6. The Morgan fingerprint density at radius 2 is 1.92 bits per heavy atom. The third kappa shape index (κ3) is 4.13. The van der Waals surface area contributed by atoms with Crippen molar-refractivity contribution in [1.29, 1.82) is 0 Å². The number of amides is 2. The topological polar surface area (TPSA) is 86.7 Å². The van der Waals surface area contributed by atoms with Crippen LogP contribution in [0.1, 0.15) is 50.4 Å². The Hall–Kier alpha value is -2.37.